The molecule has 2 aromatic carbocycles. The molecule has 7 rings (SSSR count). The topological polar surface area (TPSA) is 119 Å². The van der Waals surface area contributed by atoms with Crippen molar-refractivity contribution in [1.82, 2.24) is 9.62 Å². The second-order valence-corrected chi connectivity index (χ2v) is 17.1. The first-order chi connectivity index (χ1) is 23.9. The molecular weight excluding hydrogens is 680 g/mol. The molecule has 13 heteroatoms. The van der Waals surface area contributed by atoms with Crippen molar-refractivity contribution < 1.29 is 32.7 Å². The van der Waals surface area contributed by atoms with E-state index in [2.05, 4.69) is 26.1 Å². The number of carbonyl (C=O) groups excluding carboxylic acids is 2. The highest BCUT2D eigenvalue weighted by Gasteiger charge is 2.45. The fraction of sp³-hybridized carbons (Fsp3) is 0.568. The molecule has 270 valence electrons. The van der Waals surface area contributed by atoms with Gasteiger partial charge in [-0.2, -0.15) is 0 Å². The Bertz CT molecular complexity index is 1800. The molecule has 0 radical (unpaired) electrons. The van der Waals surface area contributed by atoms with Crippen LogP contribution < -0.4 is 14.4 Å². The highest BCUT2D eigenvalue weighted by Crippen LogP contribution is 2.47. The van der Waals surface area contributed by atoms with E-state index in [1.807, 2.05) is 18.2 Å². The van der Waals surface area contributed by atoms with E-state index in [1.165, 1.54) is 16.0 Å². The zero-order valence-corrected chi connectivity index (χ0v) is 30.8. The Kier molecular flexibility index (Phi) is 9.70. The molecule has 1 spiro atoms. The Morgan fingerprint density at radius 2 is 1.92 bits per heavy atom. The van der Waals surface area contributed by atoms with Gasteiger partial charge in [0.15, 0.2) is 9.92 Å². The molecule has 2 fully saturated rings. The maximum Gasteiger partial charge on any atom is 0.330 e. The lowest BCUT2D eigenvalue weighted by atomic mass is 9.68. The van der Waals surface area contributed by atoms with Crippen LogP contribution in [0.3, 0.4) is 0 Å². The number of hydrogen-bond acceptors (Lipinski definition) is 8. The SMILES string of the molecule is COC1CN(C(=O)NS2(=O)=NC(=O)C(C)(C)OCC=C[C@H](OC)[C@@H]3CC[C@H]3CN3C[C@@]4(CCCc5cc(Cl)ccc54)COc4ccc2cc43)C1. The summed E-state index contributed by atoms with van der Waals surface area (Å²) < 4.78 is 45.8. The quantitative estimate of drug-likeness (QED) is 0.411. The first-order valence-electron chi connectivity index (χ1n) is 17.5. The van der Waals surface area contributed by atoms with Gasteiger partial charge < -0.3 is 28.7 Å². The molecule has 5 atom stereocenters. The van der Waals surface area contributed by atoms with E-state index in [9.17, 15) is 13.8 Å². The monoisotopic (exact) mass is 726 g/mol. The minimum Gasteiger partial charge on any atom is -0.490 e. The van der Waals surface area contributed by atoms with Crippen LogP contribution in [-0.4, -0.2) is 92.5 Å². The summed E-state index contributed by atoms with van der Waals surface area (Å²) >= 11 is 6.46. The largest absolute Gasteiger partial charge is 0.490 e. The average molecular weight is 727 g/mol. The van der Waals surface area contributed by atoms with E-state index >= 15 is 0 Å². The van der Waals surface area contributed by atoms with Crippen LogP contribution in [0.15, 0.2) is 57.8 Å². The number of benzene rings is 2. The predicted octanol–water partition coefficient (Wildman–Crippen LogP) is 5.53. The molecule has 2 aromatic rings. The molecule has 2 aliphatic carbocycles. The number of rotatable bonds is 3. The molecule has 1 unspecified atom stereocenters. The van der Waals surface area contributed by atoms with Crippen LogP contribution in [0.1, 0.15) is 50.7 Å². The molecule has 1 saturated heterocycles. The van der Waals surface area contributed by atoms with Gasteiger partial charge in [-0.3, -0.25) is 4.79 Å². The van der Waals surface area contributed by atoms with Crippen LogP contribution in [0.5, 0.6) is 5.75 Å². The first kappa shape index (κ1) is 35.3. The number of aryl methyl sites for hydroxylation is 1. The summed E-state index contributed by atoms with van der Waals surface area (Å²) in [5.41, 5.74) is 1.53. The summed E-state index contributed by atoms with van der Waals surface area (Å²) in [6.07, 6.45) is 8.67. The molecule has 3 heterocycles. The van der Waals surface area contributed by atoms with Gasteiger partial charge in [-0.05, 0) is 99.2 Å². The zero-order chi connectivity index (χ0) is 35.3. The Morgan fingerprint density at radius 3 is 2.66 bits per heavy atom. The van der Waals surface area contributed by atoms with E-state index in [4.69, 9.17) is 30.5 Å². The molecule has 1 saturated carbocycles. The summed E-state index contributed by atoms with van der Waals surface area (Å²) in [5.74, 6) is 0.517. The second-order valence-electron chi connectivity index (χ2n) is 14.8. The number of anilines is 1. The summed E-state index contributed by atoms with van der Waals surface area (Å²) in [6, 6.07) is 10.8. The number of nitrogens with one attached hydrogen (secondary N) is 1. The van der Waals surface area contributed by atoms with Crippen LogP contribution in [0, 0.1) is 11.8 Å². The number of methoxy groups -OCH3 is 2. The number of halogens is 1. The van der Waals surface area contributed by atoms with Gasteiger partial charge in [0, 0.05) is 37.7 Å². The number of ether oxygens (including phenoxy) is 4. The van der Waals surface area contributed by atoms with Gasteiger partial charge in [0.1, 0.15) is 11.4 Å². The molecule has 0 aromatic heterocycles. The van der Waals surface area contributed by atoms with E-state index in [0.29, 0.717) is 37.9 Å². The normalized spacial score (nSPS) is 30.9. The molecule has 11 nitrogen and oxygen atoms in total. The molecule has 3 aliphatic heterocycles. The van der Waals surface area contributed by atoms with Crippen molar-refractivity contribution in [2.45, 2.75) is 74.1 Å². The van der Waals surface area contributed by atoms with Crippen molar-refractivity contribution in [2.75, 3.05) is 58.5 Å². The van der Waals surface area contributed by atoms with Crippen LogP contribution in [0.4, 0.5) is 10.5 Å². The summed E-state index contributed by atoms with van der Waals surface area (Å²) in [4.78, 5) is 31.3. The van der Waals surface area contributed by atoms with Crippen LogP contribution in [0.2, 0.25) is 5.02 Å². The van der Waals surface area contributed by atoms with E-state index in [-0.39, 0.29) is 35.0 Å². The number of fused-ring (bicyclic) bond motifs is 4. The van der Waals surface area contributed by atoms with Crippen molar-refractivity contribution in [3.05, 3.63) is 64.7 Å². The van der Waals surface area contributed by atoms with E-state index in [1.54, 1.807) is 46.3 Å². The Hall–Kier alpha value is -3.16. The van der Waals surface area contributed by atoms with Gasteiger partial charge in [0.05, 0.1) is 49.1 Å². The number of amides is 3. The third kappa shape index (κ3) is 6.65. The highest BCUT2D eigenvalue weighted by molar-refractivity contribution is 7.92. The van der Waals surface area contributed by atoms with E-state index < -0.39 is 27.5 Å². The summed E-state index contributed by atoms with van der Waals surface area (Å²) in [5, 5.41) is 0.726. The van der Waals surface area contributed by atoms with Crippen molar-refractivity contribution in [2.24, 2.45) is 16.2 Å². The van der Waals surface area contributed by atoms with Gasteiger partial charge in [0.2, 0.25) is 0 Å². The van der Waals surface area contributed by atoms with Gasteiger partial charge in [-0.1, -0.05) is 29.8 Å². The first-order valence-corrected chi connectivity index (χ1v) is 19.4. The maximum atomic E-state index is 15.0. The molecule has 3 amide bonds. The number of urea groups is 1. The van der Waals surface area contributed by atoms with Gasteiger partial charge in [-0.15, -0.1) is 4.36 Å². The zero-order valence-electron chi connectivity index (χ0n) is 29.2. The lowest BCUT2D eigenvalue weighted by Gasteiger charge is -2.46. The van der Waals surface area contributed by atoms with E-state index in [0.717, 1.165) is 49.4 Å². The van der Waals surface area contributed by atoms with Crippen LogP contribution >= 0.6 is 11.6 Å². The molecule has 2 bridgehead atoms. The Balaban J connectivity index is 1.34. The molecule has 1 N–H and O–H groups in total. The van der Waals surface area contributed by atoms with Crippen LogP contribution in [-0.2, 0) is 40.8 Å². The van der Waals surface area contributed by atoms with Crippen molar-refractivity contribution in [3.63, 3.8) is 0 Å². The standard InChI is InChI=1S/C37H47ClN4O7S/c1-36(2)34(43)39-50(45,40-35(44)41-20-27(21-41)46-3)28-11-14-33-31(18-28)42(19-25-9-12-29(25)32(47-4)8-6-16-49-36)22-37(23-48-33)15-5-7-24-17-26(38)10-13-30(24)37/h6,8,10-11,13-14,17-18,25,27,29,32H,5,7,9,12,15-16,19-23H2,1-4H3,(H,39,40,43,44,45)/t25-,29+,32-,37-,50?/m0/s1. The molecule has 5 aliphatic rings. The smallest absolute Gasteiger partial charge is 0.330 e. The van der Waals surface area contributed by atoms with Gasteiger partial charge in [0.25, 0.3) is 5.91 Å². The number of nitrogens with zero attached hydrogens (tertiary/aromatic N) is 3. The minimum atomic E-state index is -3.83. The lowest BCUT2D eigenvalue weighted by Crippen LogP contribution is -2.58. The summed E-state index contributed by atoms with van der Waals surface area (Å²) in [6.45, 7) is 5.88. The van der Waals surface area contributed by atoms with Gasteiger partial charge >= 0.3 is 6.03 Å². The maximum absolute atomic E-state index is 15.0. The van der Waals surface area contributed by atoms with Crippen molar-refractivity contribution >= 4 is 39.1 Å². The highest BCUT2D eigenvalue weighted by atomic mass is 35.5. The second kappa shape index (κ2) is 13.8. The molecule has 50 heavy (non-hydrogen) atoms. The number of likely N-dealkylation sites (tertiary alicyclic amines) is 1. The fourth-order valence-electron chi connectivity index (χ4n) is 8.00. The lowest BCUT2D eigenvalue weighted by molar-refractivity contribution is -0.137. The minimum absolute atomic E-state index is 0.103. The van der Waals surface area contributed by atoms with Crippen LogP contribution in [0.25, 0.3) is 0 Å². The van der Waals surface area contributed by atoms with Crippen molar-refractivity contribution in [1.29, 1.82) is 0 Å². The fourth-order valence-corrected chi connectivity index (χ4v) is 9.81. The van der Waals surface area contributed by atoms with Gasteiger partial charge in [-0.25, -0.2) is 13.7 Å². The average Bonchev–Trinajstić information content (AvgIpc) is 3.20. The predicted molar refractivity (Wildman–Crippen MR) is 191 cm³/mol. The summed E-state index contributed by atoms with van der Waals surface area (Å²) in [7, 11) is -0.507. The molecular formula is C37H47ClN4O7S. The third-order valence-corrected chi connectivity index (χ3v) is 13.2. The third-order valence-electron chi connectivity index (χ3n) is 11.2. The van der Waals surface area contributed by atoms with Crippen molar-refractivity contribution in [3.8, 4) is 5.75 Å². The Labute approximate surface area is 299 Å². The number of hydrogen-bond donors (Lipinski definition) is 1. The Morgan fingerprint density at radius 1 is 1.10 bits per heavy atom. The number of carbonyl (C=O) groups is 2.